The molecule has 0 saturated carbocycles. The van der Waals surface area contributed by atoms with Gasteiger partial charge in [-0.2, -0.15) is 0 Å². The fraction of sp³-hybridized carbons (Fsp3) is 0.111. The van der Waals surface area contributed by atoms with E-state index in [0.717, 1.165) is 0 Å². The molecule has 2 aromatic carbocycles. The minimum atomic E-state index is -0.795. The predicted molar refractivity (Wildman–Crippen MR) is 99.1 cm³/mol. The van der Waals surface area contributed by atoms with Crippen LogP contribution < -0.4 is 4.74 Å². The van der Waals surface area contributed by atoms with Crippen LogP contribution in [-0.2, 0) is 4.74 Å². The molecule has 1 aromatic heterocycles. The number of aromatic nitrogens is 3. The number of carbonyl (C=O) groups excluding carboxylic acids is 2. The van der Waals surface area contributed by atoms with Crippen molar-refractivity contribution in [2.75, 3.05) is 14.2 Å². The van der Waals surface area contributed by atoms with Gasteiger partial charge >= 0.3 is 5.97 Å². The van der Waals surface area contributed by atoms with E-state index in [9.17, 15) is 9.59 Å². The Balaban J connectivity index is 2.19. The first-order valence-corrected chi connectivity index (χ1v) is 8.40. The molecule has 0 radical (unpaired) electrons. The van der Waals surface area contributed by atoms with Crippen LogP contribution in [0.2, 0.25) is 10.0 Å². The summed E-state index contributed by atoms with van der Waals surface area (Å²) in [6.07, 6.45) is 0. The van der Waals surface area contributed by atoms with E-state index >= 15 is 0 Å². The summed E-state index contributed by atoms with van der Waals surface area (Å²) in [5.41, 5.74) is 0.303. The molecule has 0 fully saturated rings. The molecule has 0 bridgehead atoms. The van der Waals surface area contributed by atoms with Crippen LogP contribution in [0.3, 0.4) is 0 Å². The minimum absolute atomic E-state index is 0.0869. The molecular weight excluding hydrogens is 393 g/mol. The van der Waals surface area contributed by atoms with E-state index in [-0.39, 0.29) is 16.4 Å². The number of ether oxygens (including phenoxy) is 2. The topological polar surface area (TPSA) is 83.3 Å². The number of benzene rings is 2. The summed E-state index contributed by atoms with van der Waals surface area (Å²) < 4.78 is 11.0. The predicted octanol–water partition coefficient (Wildman–Crippen LogP) is 3.60. The van der Waals surface area contributed by atoms with Gasteiger partial charge in [0.2, 0.25) is 11.5 Å². The lowest BCUT2D eigenvalue weighted by Gasteiger charge is -2.09. The van der Waals surface area contributed by atoms with Gasteiger partial charge in [-0.15, -0.1) is 5.10 Å². The summed E-state index contributed by atoms with van der Waals surface area (Å²) in [5, 5.41) is 8.38. The van der Waals surface area contributed by atoms with E-state index < -0.39 is 11.8 Å². The zero-order chi connectivity index (χ0) is 19.6. The maximum Gasteiger partial charge on any atom is 0.361 e. The molecule has 0 spiro atoms. The number of esters is 1. The molecule has 0 aliphatic rings. The SMILES string of the molecule is COC(=O)c1nnn(-c2cc(Cl)ccc2Cl)c1C(=O)c1ccc(OC)cc1. The Hall–Kier alpha value is -2.90. The maximum atomic E-state index is 13.1. The summed E-state index contributed by atoms with van der Waals surface area (Å²) in [4.78, 5) is 25.2. The third-order valence-corrected chi connectivity index (χ3v) is 4.31. The summed E-state index contributed by atoms with van der Waals surface area (Å²) in [6, 6.07) is 11.1. The van der Waals surface area contributed by atoms with Crippen molar-refractivity contribution in [1.82, 2.24) is 15.0 Å². The Morgan fingerprint density at radius 2 is 1.74 bits per heavy atom. The highest BCUT2D eigenvalue weighted by atomic mass is 35.5. The molecule has 0 saturated heterocycles. The zero-order valence-electron chi connectivity index (χ0n) is 14.3. The van der Waals surface area contributed by atoms with E-state index in [0.29, 0.717) is 22.0 Å². The summed E-state index contributed by atoms with van der Waals surface area (Å²) in [6.45, 7) is 0. The second-order valence-corrected chi connectivity index (χ2v) is 6.19. The fourth-order valence-corrected chi connectivity index (χ4v) is 2.78. The van der Waals surface area contributed by atoms with Crippen molar-refractivity contribution in [3.63, 3.8) is 0 Å². The van der Waals surface area contributed by atoms with Gasteiger partial charge in [0.25, 0.3) is 0 Å². The van der Waals surface area contributed by atoms with Gasteiger partial charge in [-0.05, 0) is 42.5 Å². The van der Waals surface area contributed by atoms with Gasteiger partial charge in [0, 0.05) is 10.6 Å². The van der Waals surface area contributed by atoms with E-state index in [1.807, 2.05) is 0 Å². The molecule has 9 heteroatoms. The molecule has 0 atom stereocenters. The zero-order valence-corrected chi connectivity index (χ0v) is 15.8. The molecule has 3 aromatic rings. The Labute approximate surface area is 164 Å². The highest BCUT2D eigenvalue weighted by Crippen LogP contribution is 2.27. The van der Waals surface area contributed by atoms with Gasteiger partial charge in [-0.1, -0.05) is 28.4 Å². The van der Waals surface area contributed by atoms with Crippen LogP contribution in [0.5, 0.6) is 5.75 Å². The van der Waals surface area contributed by atoms with Gasteiger partial charge in [-0.3, -0.25) is 4.79 Å². The maximum absolute atomic E-state index is 13.1. The highest BCUT2D eigenvalue weighted by Gasteiger charge is 2.28. The molecule has 0 aliphatic carbocycles. The number of hydrogen-bond acceptors (Lipinski definition) is 6. The van der Waals surface area contributed by atoms with Gasteiger partial charge in [0.15, 0.2) is 5.69 Å². The first kappa shape index (κ1) is 18.9. The Morgan fingerprint density at radius 1 is 1.04 bits per heavy atom. The lowest BCUT2D eigenvalue weighted by Crippen LogP contribution is -2.15. The third-order valence-electron chi connectivity index (χ3n) is 3.75. The van der Waals surface area contributed by atoms with Crippen LogP contribution in [0.4, 0.5) is 0 Å². The first-order valence-electron chi connectivity index (χ1n) is 7.64. The molecule has 3 rings (SSSR count). The average Bonchev–Trinajstić information content (AvgIpc) is 3.13. The van der Waals surface area contributed by atoms with E-state index in [1.54, 1.807) is 36.4 Å². The number of hydrogen-bond donors (Lipinski definition) is 0. The quantitative estimate of drug-likeness (QED) is 0.476. The van der Waals surface area contributed by atoms with E-state index in [1.165, 1.54) is 25.0 Å². The first-order chi connectivity index (χ1) is 13.0. The van der Waals surface area contributed by atoms with Crippen molar-refractivity contribution in [2.24, 2.45) is 0 Å². The van der Waals surface area contributed by atoms with Crippen molar-refractivity contribution >= 4 is 35.0 Å². The van der Waals surface area contributed by atoms with Gasteiger partial charge < -0.3 is 9.47 Å². The van der Waals surface area contributed by atoms with Crippen molar-refractivity contribution in [3.8, 4) is 11.4 Å². The summed E-state index contributed by atoms with van der Waals surface area (Å²) in [5.74, 6) is -0.695. The molecule has 0 amide bonds. The highest BCUT2D eigenvalue weighted by molar-refractivity contribution is 6.34. The van der Waals surface area contributed by atoms with Crippen molar-refractivity contribution in [3.05, 3.63) is 69.5 Å². The van der Waals surface area contributed by atoms with Gasteiger partial charge in [0.1, 0.15) is 5.75 Å². The van der Waals surface area contributed by atoms with Crippen molar-refractivity contribution in [2.45, 2.75) is 0 Å². The molecule has 1 heterocycles. The van der Waals surface area contributed by atoms with Crippen LogP contribution in [0.1, 0.15) is 26.5 Å². The number of nitrogens with zero attached hydrogens (tertiary/aromatic N) is 3. The van der Waals surface area contributed by atoms with Crippen LogP contribution in [-0.4, -0.2) is 41.0 Å². The van der Waals surface area contributed by atoms with Gasteiger partial charge in [0.05, 0.1) is 24.9 Å². The second-order valence-electron chi connectivity index (χ2n) is 5.34. The van der Waals surface area contributed by atoms with Crippen LogP contribution in [0.25, 0.3) is 5.69 Å². The molecule has 27 heavy (non-hydrogen) atoms. The Kier molecular flexibility index (Phi) is 5.43. The fourth-order valence-electron chi connectivity index (χ4n) is 2.42. The van der Waals surface area contributed by atoms with Crippen LogP contribution >= 0.6 is 23.2 Å². The van der Waals surface area contributed by atoms with E-state index in [2.05, 4.69) is 10.3 Å². The minimum Gasteiger partial charge on any atom is -0.497 e. The van der Waals surface area contributed by atoms with Crippen molar-refractivity contribution in [1.29, 1.82) is 0 Å². The number of rotatable bonds is 5. The van der Waals surface area contributed by atoms with Crippen LogP contribution in [0.15, 0.2) is 42.5 Å². The Morgan fingerprint density at radius 3 is 2.37 bits per heavy atom. The largest absolute Gasteiger partial charge is 0.497 e. The monoisotopic (exact) mass is 405 g/mol. The number of methoxy groups -OCH3 is 2. The number of halogens is 2. The molecule has 0 unspecified atom stereocenters. The lowest BCUT2D eigenvalue weighted by atomic mass is 10.1. The normalized spacial score (nSPS) is 10.5. The van der Waals surface area contributed by atoms with Gasteiger partial charge in [-0.25, -0.2) is 9.48 Å². The number of carbonyl (C=O) groups is 2. The molecule has 0 N–H and O–H groups in total. The Bertz CT molecular complexity index is 1020. The lowest BCUT2D eigenvalue weighted by molar-refractivity contribution is 0.0590. The molecule has 0 aliphatic heterocycles. The third kappa shape index (κ3) is 3.65. The van der Waals surface area contributed by atoms with Crippen molar-refractivity contribution < 1.29 is 19.1 Å². The smallest absolute Gasteiger partial charge is 0.361 e. The number of ketones is 1. The summed E-state index contributed by atoms with van der Waals surface area (Å²) in [7, 11) is 2.71. The summed E-state index contributed by atoms with van der Waals surface area (Å²) >= 11 is 12.3. The molecular formula is C18H13Cl2N3O4. The average molecular weight is 406 g/mol. The molecule has 7 nitrogen and oxygen atoms in total. The second kappa shape index (κ2) is 7.77. The van der Waals surface area contributed by atoms with E-state index in [4.69, 9.17) is 32.7 Å². The molecule has 138 valence electrons. The standard InChI is InChI=1S/C18H13Cl2N3O4/c1-26-12-6-3-10(4-7-12)17(24)16-15(18(25)27-2)21-22-23(16)14-9-11(19)5-8-13(14)20/h3-9H,1-2H3. The van der Waals surface area contributed by atoms with Crippen LogP contribution in [0, 0.1) is 0 Å².